The summed E-state index contributed by atoms with van der Waals surface area (Å²) in [6.45, 7) is 3.18. The maximum Gasteiger partial charge on any atom is 0.305 e. The third kappa shape index (κ3) is 3.65. The lowest BCUT2D eigenvalue weighted by atomic mass is 10.5. The van der Waals surface area contributed by atoms with Crippen LogP contribution in [0, 0.1) is 0 Å². The Morgan fingerprint density at radius 2 is 2.13 bits per heavy atom. The second kappa shape index (κ2) is 6.90. The number of H-pyrrole nitrogens is 1. The largest absolute Gasteiger partial charge is 0.462 e. The molecule has 2 aromatic rings. The van der Waals surface area contributed by atoms with Crippen molar-refractivity contribution in [3.05, 3.63) is 16.7 Å². The van der Waals surface area contributed by atoms with Crippen LogP contribution in [0.15, 0.2) is 11.1 Å². The minimum absolute atomic E-state index is 0.0652. The highest BCUT2D eigenvalue weighted by molar-refractivity contribution is 5.89. The molecule has 0 unspecified atom stereocenters. The number of anilines is 1. The number of rotatable bonds is 6. The van der Waals surface area contributed by atoms with E-state index in [2.05, 4.69) is 15.0 Å². The Morgan fingerprint density at radius 3 is 2.78 bits per heavy atom. The van der Waals surface area contributed by atoms with Crippen molar-refractivity contribution in [2.24, 2.45) is 0 Å². The molecule has 0 radical (unpaired) electrons. The normalized spacial score (nSPS) is 10.6. The van der Waals surface area contributed by atoms with E-state index < -0.39 is 5.56 Å². The van der Waals surface area contributed by atoms with Crippen LogP contribution in [-0.2, 0) is 14.3 Å². The number of nitrogens with zero attached hydrogens (tertiary/aromatic N) is 4. The van der Waals surface area contributed by atoms with E-state index >= 15 is 0 Å². The average Bonchev–Trinajstić information content (AvgIpc) is 2.94. The van der Waals surface area contributed by atoms with E-state index in [0.717, 1.165) is 0 Å². The quantitative estimate of drug-likeness (QED) is 0.561. The third-order valence-electron chi connectivity index (χ3n) is 3.02. The van der Waals surface area contributed by atoms with Crippen molar-refractivity contribution in [1.82, 2.24) is 19.7 Å². The molecule has 0 saturated heterocycles. The van der Waals surface area contributed by atoms with Crippen LogP contribution in [0.25, 0.3) is 11.2 Å². The van der Waals surface area contributed by atoms with Crippen LogP contribution in [0.3, 0.4) is 0 Å². The first-order chi connectivity index (χ1) is 10.9. The van der Waals surface area contributed by atoms with Crippen LogP contribution in [0.4, 0.5) is 5.95 Å². The summed E-state index contributed by atoms with van der Waals surface area (Å²) in [6.07, 6.45) is 1.57. The molecule has 2 heterocycles. The summed E-state index contributed by atoms with van der Waals surface area (Å²) < 4.78 is 6.08. The van der Waals surface area contributed by atoms with Gasteiger partial charge >= 0.3 is 5.97 Å². The number of ether oxygens (including phenoxy) is 1. The highest BCUT2D eigenvalue weighted by atomic mass is 16.7. The average molecular weight is 323 g/mol. The standard InChI is InChI=1S/C13H17N5O5/c1-4-9(20)22-5-6-23-18-7-14-10-11(18)15-13(16-12(10)21)17(3)8(2)19/h7H,4-6H2,1-3H3,(H,15,16,21). The molecular formula is C13H17N5O5. The lowest BCUT2D eigenvalue weighted by Crippen LogP contribution is -2.28. The highest BCUT2D eigenvalue weighted by Crippen LogP contribution is 2.09. The van der Waals surface area contributed by atoms with Crippen LogP contribution < -0.4 is 15.3 Å². The van der Waals surface area contributed by atoms with Gasteiger partial charge in [0.2, 0.25) is 17.5 Å². The minimum atomic E-state index is -0.488. The molecule has 0 aliphatic carbocycles. The first-order valence-electron chi connectivity index (χ1n) is 6.94. The molecule has 0 spiro atoms. The van der Waals surface area contributed by atoms with Crippen molar-refractivity contribution in [2.75, 3.05) is 25.2 Å². The zero-order valence-corrected chi connectivity index (χ0v) is 13.0. The predicted molar refractivity (Wildman–Crippen MR) is 79.9 cm³/mol. The van der Waals surface area contributed by atoms with Gasteiger partial charge in [0.1, 0.15) is 19.5 Å². The lowest BCUT2D eigenvalue weighted by Gasteiger charge is -2.13. The molecule has 1 N–H and O–H groups in total. The number of amides is 1. The Bertz CT molecular complexity index is 781. The van der Waals surface area contributed by atoms with Gasteiger partial charge in [-0.25, -0.2) is 4.98 Å². The topological polar surface area (TPSA) is 119 Å². The van der Waals surface area contributed by atoms with Gasteiger partial charge in [0, 0.05) is 20.4 Å². The molecule has 0 aliphatic rings. The second-order valence-electron chi connectivity index (χ2n) is 4.62. The Morgan fingerprint density at radius 1 is 1.39 bits per heavy atom. The van der Waals surface area contributed by atoms with Gasteiger partial charge in [0.05, 0.1) is 0 Å². The summed E-state index contributed by atoms with van der Waals surface area (Å²) in [6, 6.07) is 0. The van der Waals surface area contributed by atoms with Gasteiger partial charge in [-0.05, 0) is 0 Å². The first-order valence-corrected chi connectivity index (χ1v) is 6.94. The zero-order chi connectivity index (χ0) is 17.0. The molecule has 0 aromatic carbocycles. The van der Waals surface area contributed by atoms with Gasteiger partial charge in [-0.3, -0.25) is 24.3 Å². The molecule has 0 aliphatic heterocycles. The second-order valence-corrected chi connectivity index (χ2v) is 4.62. The van der Waals surface area contributed by atoms with Crippen molar-refractivity contribution in [3.8, 4) is 0 Å². The van der Waals surface area contributed by atoms with Gasteiger partial charge in [-0.1, -0.05) is 6.92 Å². The third-order valence-corrected chi connectivity index (χ3v) is 3.02. The van der Waals surface area contributed by atoms with Crippen LogP contribution in [0.2, 0.25) is 0 Å². The number of aromatic nitrogens is 4. The molecule has 23 heavy (non-hydrogen) atoms. The molecule has 0 saturated carbocycles. The molecule has 10 heteroatoms. The summed E-state index contributed by atoms with van der Waals surface area (Å²) in [5.41, 5.74) is -0.243. The number of carbonyl (C=O) groups is 2. The molecular weight excluding hydrogens is 306 g/mol. The predicted octanol–water partition coefficient (Wildman–Crippen LogP) is -0.516. The molecule has 0 fully saturated rings. The summed E-state index contributed by atoms with van der Waals surface area (Å²) in [4.78, 5) is 51.5. The van der Waals surface area contributed by atoms with Crippen LogP contribution >= 0.6 is 0 Å². The van der Waals surface area contributed by atoms with Crippen LogP contribution in [-0.4, -0.2) is 51.8 Å². The van der Waals surface area contributed by atoms with Crippen molar-refractivity contribution in [3.63, 3.8) is 0 Å². The van der Waals surface area contributed by atoms with E-state index in [9.17, 15) is 14.4 Å². The molecule has 124 valence electrons. The van der Waals surface area contributed by atoms with Gasteiger partial charge in [-0.2, -0.15) is 9.71 Å². The van der Waals surface area contributed by atoms with E-state index in [4.69, 9.17) is 9.57 Å². The maximum atomic E-state index is 12.0. The fourth-order valence-electron chi connectivity index (χ4n) is 1.67. The number of nitrogens with one attached hydrogen (secondary N) is 1. The van der Waals surface area contributed by atoms with Crippen molar-refractivity contribution in [1.29, 1.82) is 0 Å². The number of esters is 1. The molecule has 10 nitrogen and oxygen atoms in total. The van der Waals surface area contributed by atoms with E-state index in [1.165, 1.54) is 29.9 Å². The Balaban J connectivity index is 2.19. The van der Waals surface area contributed by atoms with Gasteiger partial charge in [-0.15, -0.1) is 0 Å². The summed E-state index contributed by atoms with van der Waals surface area (Å²) in [5, 5.41) is 0. The number of carbonyl (C=O) groups excluding carboxylic acids is 2. The summed E-state index contributed by atoms with van der Waals surface area (Å²) in [5.74, 6) is -0.534. The van der Waals surface area contributed by atoms with Crippen molar-refractivity contribution < 1.29 is 19.2 Å². The molecule has 2 rings (SSSR count). The summed E-state index contributed by atoms with van der Waals surface area (Å²) >= 11 is 0. The molecule has 1 amide bonds. The van der Waals surface area contributed by atoms with Crippen molar-refractivity contribution in [2.45, 2.75) is 20.3 Å². The first kappa shape index (κ1) is 16.5. The van der Waals surface area contributed by atoms with Gasteiger partial charge in [0.25, 0.3) is 5.56 Å². The number of hydrogen-bond acceptors (Lipinski definition) is 7. The number of aromatic amines is 1. The van der Waals surface area contributed by atoms with Gasteiger partial charge in [0.15, 0.2) is 5.52 Å². The van der Waals surface area contributed by atoms with Crippen LogP contribution in [0.1, 0.15) is 20.3 Å². The molecule has 0 atom stereocenters. The summed E-state index contributed by atoms with van der Waals surface area (Å²) in [7, 11) is 1.48. The number of imidazole rings is 1. The van der Waals surface area contributed by atoms with Gasteiger partial charge < -0.3 is 9.57 Å². The fourth-order valence-corrected chi connectivity index (χ4v) is 1.67. The number of hydrogen-bond donors (Lipinski definition) is 1. The Labute approximate surface area is 131 Å². The van der Waals surface area contributed by atoms with E-state index in [1.54, 1.807) is 6.92 Å². The monoisotopic (exact) mass is 323 g/mol. The maximum absolute atomic E-state index is 12.0. The Kier molecular flexibility index (Phi) is 4.94. The fraction of sp³-hybridized carbons (Fsp3) is 0.462. The number of fused-ring (bicyclic) bond motifs is 1. The molecule has 2 aromatic heterocycles. The SMILES string of the molecule is CCC(=O)OCCOn1cnc2c(=O)[nH]c(N(C)C(C)=O)nc21. The van der Waals surface area contributed by atoms with E-state index in [-0.39, 0.29) is 48.6 Å². The Hall–Kier alpha value is -2.91. The van der Waals surface area contributed by atoms with Crippen molar-refractivity contribution >= 4 is 29.0 Å². The molecule has 0 bridgehead atoms. The lowest BCUT2D eigenvalue weighted by molar-refractivity contribution is -0.144. The smallest absolute Gasteiger partial charge is 0.305 e. The zero-order valence-electron chi connectivity index (χ0n) is 13.0. The van der Waals surface area contributed by atoms with E-state index in [0.29, 0.717) is 0 Å². The minimum Gasteiger partial charge on any atom is -0.462 e. The van der Waals surface area contributed by atoms with E-state index in [1.807, 2.05) is 0 Å². The highest BCUT2D eigenvalue weighted by Gasteiger charge is 2.15. The van der Waals surface area contributed by atoms with Crippen LogP contribution in [0.5, 0.6) is 0 Å².